The van der Waals surface area contributed by atoms with E-state index < -0.39 is 7.12 Å². The lowest BCUT2D eigenvalue weighted by atomic mass is 9.78. The molecule has 0 saturated carbocycles. The summed E-state index contributed by atoms with van der Waals surface area (Å²) in [5, 5.41) is 4.54. The van der Waals surface area contributed by atoms with E-state index in [9.17, 15) is 0 Å². The Morgan fingerprint density at radius 2 is 1.24 bits per heavy atom. The van der Waals surface area contributed by atoms with Crippen LogP contribution in [0, 0.1) is 0 Å². The van der Waals surface area contributed by atoms with Gasteiger partial charge in [0.05, 0.1) is 33.6 Å². The second-order valence-corrected chi connectivity index (χ2v) is 9.79. The molecule has 1 aliphatic heterocycles. The molecule has 0 bridgehead atoms. The van der Waals surface area contributed by atoms with Gasteiger partial charge in [0.25, 0.3) is 0 Å². The minimum absolute atomic E-state index is 0.375. The van der Waals surface area contributed by atoms with E-state index in [1.807, 2.05) is 12.1 Å². The largest absolute Gasteiger partial charge is 0.494 e. The highest BCUT2D eigenvalue weighted by atomic mass is 16.7. The Morgan fingerprint density at radius 1 is 0.636 bits per heavy atom. The molecule has 5 aromatic rings. The third-order valence-electron chi connectivity index (χ3n) is 7.09. The van der Waals surface area contributed by atoms with Crippen LogP contribution in [-0.4, -0.2) is 28.3 Å². The van der Waals surface area contributed by atoms with Crippen molar-refractivity contribution in [2.45, 2.75) is 38.9 Å². The van der Waals surface area contributed by atoms with E-state index in [-0.39, 0.29) is 11.2 Å². The topological polar surface area (TPSA) is 44.2 Å². The molecule has 0 radical (unpaired) electrons. The third-order valence-corrected chi connectivity index (χ3v) is 7.09. The lowest BCUT2D eigenvalue weighted by Crippen LogP contribution is -2.41. The number of hydrogen-bond donors (Lipinski definition) is 0. The van der Waals surface area contributed by atoms with Gasteiger partial charge in [-0.25, -0.2) is 9.97 Å². The first-order valence-electron chi connectivity index (χ1n) is 11.4. The smallest absolute Gasteiger partial charge is 0.399 e. The summed E-state index contributed by atoms with van der Waals surface area (Å²) in [4.78, 5) is 9.97. The standard InChI is InChI=1S/C28H25BN2O2/c1-27(2)28(3,4)33-29(32-27)21-14-11-19-12-15-23(30-25(19)17-21)24-16-13-20-10-9-18-7-5-6-8-22(18)26(20)31-24/h5-17H,1-4H3. The molecule has 1 fully saturated rings. The highest BCUT2D eigenvalue weighted by Crippen LogP contribution is 2.36. The summed E-state index contributed by atoms with van der Waals surface area (Å²) >= 11 is 0. The second-order valence-electron chi connectivity index (χ2n) is 9.79. The Hall–Kier alpha value is -3.28. The van der Waals surface area contributed by atoms with E-state index in [0.29, 0.717) is 0 Å². The number of fused-ring (bicyclic) bond motifs is 4. The first-order valence-corrected chi connectivity index (χ1v) is 11.4. The van der Waals surface area contributed by atoms with Crippen molar-refractivity contribution >= 4 is 45.2 Å². The maximum atomic E-state index is 6.24. The van der Waals surface area contributed by atoms with Crippen molar-refractivity contribution in [3.63, 3.8) is 0 Å². The molecule has 6 rings (SSSR count). The summed E-state index contributed by atoms with van der Waals surface area (Å²) in [5.41, 5.74) is 3.84. The fourth-order valence-electron chi connectivity index (χ4n) is 4.40. The van der Waals surface area contributed by atoms with Crippen LogP contribution in [0.5, 0.6) is 0 Å². The number of pyridine rings is 2. The van der Waals surface area contributed by atoms with Gasteiger partial charge >= 0.3 is 7.12 Å². The van der Waals surface area contributed by atoms with E-state index in [0.717, 1.165) is 44.0 Å². The number of hydrogen-bond acceptors (Lipinski definition) is 4. The van der Waals surface area contributed by atoms with Gasteiger partial charge in [-0.2, -0.15) is 0 Å². The van der Waals surface area contributed by atoms with Gasteiger partial charge in [-0.3, -0.25) is 0 Å². The molecule has 0 unspecified atom stereocenters. The summed E-state index contributed by atoms with van der Waals surface area (Å²) in [6, 6.07) is 27.1. The van der Waals surface area contributed by atoms with Crippen LogP contribution in [-0.2, 0) is 9.31 Å². The number of rotatable bonds is 2. The Balaban J connectivity index is 1.43. The molecule has 4 nitrogen and oxygen atoms in total. The molecule has 3 aromatic carbocycles. The maximum absolute atomic E-state index is 6.24. The summed E-state index contributed by atoms with van der Waals surface area (Å²) in [5.74, 6) is 0. The van der Waals surface area contributed by atoms with E-state index in [1.54, 1.807) is 0 Å². The minimum Gasteiger partial charge on any atom is -0.399 e. The maximum Gasteiger partial charge on any atom is 0.494 e. The van der Waals surface area contributed by atoms with Crippen molar-refractivity contribution in [2.75, 3.05) is 0 Å². The summed E-state index contributed by atoms with van der Waals surface area (Å²) in [6.45, 7) is 8.28. The van der Waals surface area contributed by atoms with E-state index >= 15 is 0 Å². The number of benzene rings is 3. The molecular formula is C28H25BN2O2. The van der Waals surface area contributed by atoms with Crippen LogP contribution in [0.1, 0.15) is 27.7 Å². The fraction of sp³-hybridized carbons (Fsp3) is 0.214. The molecule has 33 heavy (non-hydrogen) atoms. The molecule has 0 atom stereocenters. The first kappa shape index (κ1) is 20.3. The Labute approximate surface area is 193 Å². The van der Waals surface area contributed by atoms with E-state index in [1.165, 1.54) is 5.39 Å². The molecular weight excluding hydrogens is 407 g/mol. The van der Waals surface area contributed by atoms with Gasteiger partial charge in [0.1, 0.15) is 0 Å². The SMILES string of the molecule is CC1(C)OB(c2ccc3ccc(-c4ccc5ccc6ccccc6c5n4)nc3c2)OC1(C)C. The Bertz CT molecular complexity index is 1530. The highest BCUT2D eigenvalue weighted by molar-refractivity contribution is 6.62. The quantitative estimate of drug-likeness (QED) is 0.257. The molecule has 0 amide bonds. The van der Waals surface area contributed by atoms with Crippen molar-refractivity contribution in [2.24, 2.45) is 0 Å². The highest BCUT2D eigenvalue weighted by Gasteiger charge is 2.51. The minimum atomic E-state index is -0.407. The zero-order valence-electron chi connectivity index (χ0n) is 19.3. The van der Waals surface area contributed by atoms with Gasteiger partial charge < -0.3 is 9.31 Å². The number of nitrogens with zero attached hydrogens (tertiary/aromatic N) is 2. The molecule has 5 heteroatoms. The second kappa shape index (κ2) is 7.11. The zero-order valence-corrected chi connectivity index (χ0v) is 19.3. The average Bonchev–Trinajstić information content (AvgIpc) is 3.04. The van der Waals surface area contributed by atoms with Crippen LogP contribution in [0.4, 0.5) is 0 Å². The lowest BCUT2D eigenvalue weighted by Gasteiger charge is -2.32. The molecule has 0 spiro atoms. The van der Waals surface area contributed by atoms with Gasteiger partial charge in [-0.1, -0.05) is 60.7 Å². The molecule has 3 heterocycles. The zero-order chi connectivity index (χ0) is 22.8. The lowest BCUT2D eigenvalue weighted by molar-refractivity contribution is 0.00578. The summed E-state index contributed by atoms with van der Waals surface area (Å²) in [7, 11) is -0.407. The summed E-state index contributed by atoms with van der Waals surface area (Å²) < 4.78 is 12.5. The van der Waals surface area contributed by atoms with Gasteiger partial charge in [0.2, 0.25) is 0 Å². The average molecular weight is 432 g/mol. The molecule has 0 N–H and O–H groups in total. The van der Waals surface area contributed by atoms with Crippen LogP contribution in [0.3, 0.4) is 0 Å². The van der Waals surface area contributed by atoms with Crippen molar-refractivity contribution in [3.8, 4) is 11.4 Å². The van der Waals surface area contributed by atoms with Crippen molar-refractivity contribution in [3.05, 3.63) is 78.9 Å². The molecule has 1 saturated heterocycles. The molecule has 1 aliphatic rings. The van der Waals surface area contributed by atoms with Gasteiger partial charge in [0, 0.05) is 16.2 Å². The van der Waals surface area contributed by atoms with Crippen LogP contribution in [0.25, 0.3) is 44.0 Å². The molecule has 2 aromatic heterocycles. The van der Waals surface area contributed by atoms with Crippen molar-refractivity contribution in [1.29, 1.82) is 0 Å². The van der Waals surface area contributed by atoms with Gasteiger partial charge in [-0.15, -0.1) is 0 Å². The predicted octanol–water partition coefficient (Wildman–Crippen LogP) is 5.90. The Kier molecular flexibility index (Phi) is 4.38. The first-order chi connectivity index (χ1) is 15.8. The normalized spacial score (nSPS) is 17.3. The monoisotopic (exact) mass is 432 g/mol. The van der Waals surface area contributed by atoms with Gasteiger partial charge in [-0.05, 0) is 56.7 Å². The van der Waals surface area contributed by atoms with Crippen molar-refractivity contribution in [1.82, 2.24) is 9.97 Å². The van der Waals surface area contributed by atoms with Crippen LogP contribution in [0.2, 0.25) is 0 Å². The predicted molar refractivity (Wildman–Crippen MR) is 136 cm³/mol. The van der Waals surface area contributed by atoms with Crippen LogP contribution < -0.4 is 5.46 Å². The van der Waals surface area contributed by atoms with E-state index in [4.69, 9.17) is 19.3 Å². The summed E-state index contributed by atoms with van der Waals surface area (Å²) in [6.07, 6.45) is 0. The van der Waals surface area contributed by atoms with E-state index in [2.05, 4.69) is 94.4 Å². The number of aromatic nitrogens is 2. The third kappa shape index (κ3) is 3.31. The van der Waals surface area contributed by atoms with Crippen molar-refractivity contribution < 1.29 is 9.31 Å². The van der Waals surface area contributed by atoms with Crippen LogP contribution >= 0.6 is 0 Å². The fourth-order valence-corrected chi connectivity index (χ4v) is 4.40. The molecule has 0 aliphatic carbocycles. The molecule has 162 valence electrons. The Morgan fingerprint density at radius 3 is 2.03 bits per heavy atom. The van der Waals surface area contributed by atoms with Crippen LogP contribution in [0.15, 0.2) is 78.9 Å². The van der Waals surface area contributed by atoms with Gasteiger partial charge in [0.15, 0.2) is 0 Å².